The monoisotopic (exact) mass is 215 g/mol. The maximum atomic E-state index is 11.6. The normalized spacial score (nSPS) is 13.7. The first-order valence-corrected chi connectivity index (χ1v) is 5.83. The van der Waals surface area contributed by atoms with Crippen LogP contribution in [0.5, 0.6) is 0 Å². The summed E-state index contributed by atoms with van der Waals surface area (Å²) in [6.45, 7) is 8.89. The van der Waals surface area contributed by atoms with E-state index in [2.05, 4.69) is 5.32 Å². The number of hydrogen-bond acceptors (Lipinski definition) is 2. The molecule has 0 radical (unpaired) electrons. The van der Waals surface area contributed by atoms with Gasteiger partial charge in [0, 0.05) is 18.6 Å². The molecule has 1 atom stereocenters. The highest BCUT2D eigenvalue weighted by molar-refractivity contribution is 5.81. The fraction of sp³-hybridized carbons (Fsp3) is 0.917. The minimum absolute atomic E-state index is 0.127. The van der Waals surface area contributed by atoms with E-state index in [9.17, 15) is 4.79 Å². The van der Waals surface area contributed by atoms with E-state index in [0.29, 0.717) is 12.5 Å². The molecule has 0 spiro atoms. The predicted molar refractivity (Wildman–Crippen MR) is 62.6 cm³/mol. The third-order valence-electron chi connectivity index (χ3n) is 2.97. The molecule has 0 aliphatic carbocycles. The van der Waals surface area contributed by atoms with Crippen molar-refractivity contribution in [1.82, 2.24) is 5.32 Å². The second-order valence-electron chi connectivity index (χ2n) is 4.92. The first-order chi connectivity index (χ1) is 6.94. The molecule has 2 N–H and O–H groups in total. The third-order valence-corrected chi connectivity index (χ3v) is 2.97. The van der Waals surface area contributed by atoms with Crippen LogP contribution in [-0.2, 0) is 4.79 Å². The highest BCUT2D eigenvalue weighted by Crippen LogP contribution is 2.19. The summed E-state index contributed by atoms with van der Waals surface area (Å²) in [4.78, 5) is 11.6. The second-order valence-corrected chi connectivity index (χ2v) is 4.92. The van der Waals surface area contributed by atoms with Gasteiger partial charge in [0.25, 0.3) is 0 Å². The average Bonchev–Trinajstić information content (AvgIpc) is 2.23. The number of amides is 1. The van der Waals surface area contributed by atoms with Crippen molar-refractivity contribution in [2.75, 3.05) is 13.2 Å². The van der Waals surface area contributed by atoms with Crippen LogP contribution in [0.15, 0.2) is 0 Å². The van der Waals surface area contributed by atoms with E-state index in [4.69, 9.17) is 5.11 Å². The van der Waals surface area contributed by atoms with E-state index in [1.54, 1.807) is 0 Å². The molecule has 0 aromatic rings. The van der Waals surface area contributed by atoms with E-state index in [1.165, 1.54) is 0 Å². The zero-order valence-electron chi connectivity index (χ0n) is 10.5. The van der Waals surface area contributed by atoms with E-state index in [-0.39, 0.29) is 17.9 Å². The Kier molecular flexibility index (Phi) is 6.57. The standard InChI is InChI=1S/C12H25NO2/c1-5-12(3,4)11(15)13-8-6-7-10(2)9-14/h10,14H,5-9H2,1-4H3,(H,13,15). The molecule has 0 fully saturated rings. The maximum absolute atomic E-state index is 11.6. The Morgan fingerprint density at radius 3 is 2.53 bits per heavy atom. The number of carbonyl (C=O) groups excluding carboxylic acids is 1. The molecule has 3 heteroatoms. The molecule has 1 unspecified atom stereocenters. The summed E-state index contributed by atoms with van der Waals surface area (Å²) in [5.74, 6) is 0.461. The number of hydrogen-bond donors (Lipinski definition) is 2. The minimum atomic E-state index is -0.261. The Labute approximate surface area is 93.3 Å². The molecule has 15 heavy (non-hydrogen) atoms. The van der Waals surface area contributed by atoms with Gasteiger partial charge >= 0.3 is 0 Å². The fourth-order valence-electron chi connectivity index (χ4n) is 1.14. The van der Waals surface area contributed by atoms with Crippen molar-refractivity contribution < 1.29 is 9.90 Å². The van der Waals surface area contributed by atoms with E-state index < -0.39 is 0 Å². The van der Waals surface area contributed by atoms with E-state index in [1.807, 2.05) is 27.7 Å². The van der Waals surface area contributed by atoms with Crippen molar-refractivity contribution in [3.8, 4) is 0 Å². The van der Waals surface area contributed by atoms with Crippen LogP contribution < -0.4 is 5.32 Å². The van der Waals surface area contributed by atoms with Crippen LogP contribution >= 0.6 is 0 Å². The first kappa shape index (κ1) is 14.4. The van der Waals surface area contributed by atoms with Crippen molar-refractivity contribution in [3.05, 3.63) is 0 Å². The van der Waals surface area contributed by atoms with Crippen molar-refractivity contribution in [1.29, 1.82) is 0 Å². The van der Waals surface area contributed by atoms with Crippen LogP contribution in [-0.4, -0.2) is 24.2 Å². The molecule has 0 aromatic carbocycles. The van der Waals surface area contributed by atoms with Gasteiger partial charge in [-0.2, -0.15) is 0 Å². The van der Waals surface area contributed by atoms with Crippen LogP contribution in [0.25, 0.3) is 0 Å². The summed E-state index contributed by atoms with van der Waals surface area (Å²) in [6, 6.07) is 0. The van der Waals surface area contributed by atoms with Crippen LogP contribution in [0.3, 0.4) is 0 Å². The molecule has 0 aliphatic rings. The largest absolute Gasteiger partial charge is 0.396 e. The molecule has 0 rings (SSSR count). The lowest BCUT2D eigenvalue weighted by Gasteiger charge is -2.21. The highest BCUT2D eigenvalue weighted by Gasteiger charge is 2.24. The van der Waals surface area contributed by atoms with Crippen molar-refractivity contribution in [3.63, 3.8) is 0 Å². The smallest absolute Gasteiger partial charge is 0.225 e. The van der Waals surface area contributed by atoms with Crippen molar-refractivity contribution in [2.24, 2.45) is 11.3 Å². The molecule has 90 valence electrons. The third kappa shape index (κ3) is 5.78. The van der Waals surface area contributed by atoms with Gasteiger partial charge in [-0.25, -0.2) is 0 Å². The zero-order valence-corrected chi connectivity index (χ0v) is 10.5. The molecule has 0 aliphatic heterocycles. The molecule has 1 amide bonds. The van der Waals surface area contributed by atoms with Crippen LogP contribution in [0.4, 0.5) is 0 Å². The van der Waals surface area contributed by atoms with E-state index in [0.717, 1.165) is 19.3 Å². The molecule has 3 nitrogen and oxygen atoms in total. The van der Waals surface area contributed by atoms with Gasteiger partial charge in [-0.05, 0) is 25.2 Å². The zero-order chi connectivity index (χ0) is 11.9. The summed E-state index contributed by atoms with van der Waals surface area (Å²) >= 11 is 0. The number of nitrogens with one attached hydrogen (secondary N) is 1. The van der Waals surface area contributed by atoms with Gasteiger partial charge in [-0.1, -0.05) is 27.7 Å². The predicted octanol–water partition coefficient (Wildman–Crippen LogP) is 1.95. The summed E-state index contributed by atoms with van der Waals surface area (Å²) in [5.41, 5.74) is -0.261. The van der Waals surface area contributed by atoms with Gasteiger partial charge < -0.3 is 10.4 Å². The van der Waals surface area contributed by atoms with Gasteiger partial charge in [-0.15, -0.1) is 0 Å². The van der Waals surface area contributed by atoms with E-state index >= 15 is 0 Å². The lowest BCUT2D eigenvalue weighted by molar-refractivity contribution is -0.129. The van der Waals surface area contributed by atoms with Gasteiger partial charge in [0.2, 0.25) is 5.91 Å². The molecular formula is C12H25NO2. The van der Waals surface area contributed by atoms with Crippen LogP contribution in [0, 0.1) is 11.3 Å². The Morgan fingerprint density at radius 2 is 2.07 bits per heavy atom. The Morgan fingerprint density at radius 1 is 1.47 bits per heavy atom. The number of rotatable bonds is 7. The number of aliphatic hydroxyl groups is 1. The molecule has 0 saturated heterocycles. The summed E-state index contributed by atoms with van der Waals surface area (Å²) < 4.78 is 0. The summed E-state index contributed by atoms with van der Waals surface area (Å²) in [7, 11) is 0. The highest BCUT2D eigenvalue weighted by atomic mass is 16.3. The molecular weight excluding hydrogens is 190 g/mol. The van der Waals surface area contributed by atoms with Crippen molar-refractivity contribution >= 4 is 5.91 Å². The van der Waals surface area contributed by atoms with Crippen LogP contribution in [0.1, 0.15) is 47.0 Å². The van der Waals surface area contributed by atoms with Gasteiger partial charge in [0.05, 0.1) is 0 Å². The average molecular weight is 215 g/mol. The SMILES string of the molecule is CCC(C)(C)C(=O)NCCCC(C)CO. The Hall–Kier alpha value is -0.570. The molecule has 0 heterocycles. The van der Waals surface area contributed by atoms with Crippen LogP contribution in [0.2, 0.25) is 0 Å². The fourth-order valence-corrected chi connectivity index (χ4v) is 1.14. The van der Waals surface area contributed by atoms with Crippen molar-refractivity contribution in [2.45, 2.75) is 47.0 Å². The number of carbonyl (C=O) groups is 1. The lowest BCUT2D eigenvalue weighted by Crippen LogP contribution is -2.37. The minimum Gasteiger partial charge on any atom is -0.396 e. The quantitative estimate of drug-likeness (QED) is 0.638. The Balaban J connectivity index is 3.64. The summed E-state index contributed by atoms with van der Waals surface area (Å²) in [5, 5.41) is 11.8. The first-order valence-electron chi connectivity index (χ1n) is 5.83. The van der Waals surface area contributed by atoms with Gasteiger partial charge in [0.15, 0.2) is 0 Å². The van der Waals surface area contributed by atoms with Gasteiger partial charge in [0.1, 0.15) is 0 Å². The topological polar surface area (TPSA) is 49.3 Å². The molecule has 0 saturated carbocycles. The number of aliphatic hydroxyl groups excluding tert-OH is 1. The maximum Gasteiger partial charge on any atom is 0.225 e. The van der Waals surface area contributed by atoms with Gasteiger partial charge in [-0.3, -0.25) is 4.79 Å². The molecule has 0 bridgehead atoms. The molecule has 0 aromatic heterocycles. The lowest BCUT2D eigenvalue weighted by atomic mass is 9.89. The second kappa shape index (κ2) is 6.83. The summed E-state index contributed by atoms with van der Waals surface area (Å²) in [6.07, 6.45) is 2.75. The Bertz CT molecular complexity index is 190.